The fraction of sp³-hybridized carbons (Fsp3) is 0.176. The Balaban J connectivity index is 1.64. The molecule has 2 aromatic carbocycles. The van der Waals surface area contributed by atoms with Crippen LogP contribution in [0.15, 0.2) is 36.4 Å². The summed E-state index contributed by atoms with van der Waals surface area (Å²) < 4.78 is 1.16. The van der Waals surface area contributed by atoms with E-state index in [1.165, 1.54) is 11.1 Å². The first-order valence-electron chi connectivity index (χ1n) is 7.18. The van der Waals surface area contributed by atoms with Gasteiger partial charge in [0.25, 0.3) is 0 Å². The maximum absolute atomic E-state index is 5.88. The molecule has 0 saturated carbocycles. The second kappa shape index (κ2) is 6.83. The van der Waals surface area contributed by atoms with Crippen molar-refractivity contribution in [2.75, 3.05) is 5.32 Å². The van der Waals surface area contributed by atoms with Crippen LogP contribution in [0, 0.1) is 13.8 Å². The molecule has 0 radical (unpaired) electrons. The zero-order valence-electron chi connectivity index (χ0n) is 12.8. The topological polar surface area (TPSA) is 37.0 Å². The highest BCUT2D eigenvalue weighted by Gasteiger charge is 2.07. The van der Waals surface area contributed by atoms with E-state index in [0.717, 1.165) is 25.9 Å². The number of hydrogen-bond donors (Lipinski definition) is 2. The van der Waals surface area contributed by atoms with Gasteiger partial charge in [-0.15, -0.1) is 0 Å². The van der Waals surface area contributed by atoms with E-state index in [1.807, 2.05) is 24.3 Å². The first-order valence-corrected chi connectivity index (χ1v) is 8.78. The molecule has 2 N–H and O–H groups in total. The summed E-state index contributed by atoms with van der Waals surface area (Å²) in [5.41, 5.74) is 4.64. The van der Waals surface area contributed by atoms with Gasteiger partial charge in [-0.05, 0) is 67.0 Å². The van der Waals surface area contributed by atoms with Crippen molar-refractivity contribution in [3.05, 3.63) is 58.1 Å². The van der Waals surface area contributed by atoms with Gasteiger partial charge in [-0.1, -0.05) is 35.1 Å². The normalized spacial score (nSPS) is 10.7. The van der Waals surface area contributed by atoms with Gasteiger partial charge < -0.3 is 10.6 Å². The van der Waals surface area contributed by atoms with E-state index < -0.39 is 0 Å². The molecule has 3 nitrogen and oxygen atoms in total. The Hall–Kier alpha value is -1.69. The van der Waals surface area contributed by atoms with Crippen LogP contribution in [0.5, 0.6) is 0 Å². The molecular weight excluding hydrogens is 346 g/mol. The first kappa shape index (κ1) is 16.2. The molecule has 0 aliphatic rings. The van der Waals surface area contributed by atoms with Crippen molar-refractivity contribution < 1.29 is 0 Å². The SMILES string of the molecule is Cc1cc2nc(NC(=S)NCc3ccc(Cl)cc3)sc2cc1C. The van der Waals surface area contributed by atoms with Crippen LogP contribution in [-0.2, 0) is 6.54 Å². The van der Waals surface area contributed by atoms with Gasteiger partial charge in [0.05, 0.1) is 10.2 Å². The third-order valence-electron chi connectivity index (χ3n) is 3.59. The molecule has 0 amide bonds. The summed E-state index contributed by atoms with van der Waals surface area (Å²) in [5, 5.41) is 8.43. The van der Waals surface area contributed by atoms with E-state index >= 15 is 0 Å². The number of nitrogens with one attached hydrogen (secondary N) is 2. The summed E-state index contributed by atoms with van der Waals surface area (Å²) in [6, 6.07) is 12.0. The van der Waals surface area contributed by atoms with Crippen molar-refractivity contribution in [2.45, 2.75) is 20.4 Å². The highest BCUT2D eigenvalue weighted by Crippen LogP contribution is 2.28. The average molecular weight is 362 g/mol. The Bertz CT molecular complexity index is 817. The molecule has 23 heavy (non-hydrogen) atoms. The van der Waals surface area contributed by atoms with Crippen molar-refractivity contribution in [1.29, 1.82) is 0 Å². The second-order valence-corrected chi connectivity index (χ2v) is 7.23. The molecule has 6 heteroatoms. The minimum atomic E-state index is 0.562. The predicted octanol–water partition coefficient (Wildman–Crippen LogP) is 5.05. The Morgan fingerprint density at radius 1 is 1.17 bits per heavy atom. The molecule has 3 aromatic rings. The number of fused-ring (bicyclic) bond motifs is 1. The fourth-order valence-electron chi connectivity index (χ4n) is 2.16. The molecule has 0 unspecified atom stereocenters. The summed E-state index contributed by atoms with van der Waals surface area (Å²) in [6.45, 7) is 4.85. The number of aromatic nitrogens is 1. The lowest BCUT2D eigenvalue weighted by Crippen LogP contribution is -2.27. The number of rotatable bonds is 3. The fourth-order valence-corrected chi connectivity index (χ4v) is 3.47. The van der Waals surface area contributed by atoms with Crippen LogP contribution in [0.4, 0.5) is 5.13 Å². The number of halogens is 1. The van der Waals surface area contributed by atoms with Crippen LogP contribution in [0.3, 0.4) is 0 Å². The number of thiazole rings is 1. The second-order valence-electron chi connectivity index (χ2n) is 5.36. The van der Waals surface area contributed by atoms with Gasteiger partial charge in [0.1, 0.15) is 0 Å². The maximum Gasteiger partial charge on any atom is 0.190 e. The van der Waals surface area contributed by atoms with Gasteiger partial charge in [-0.25, -0.2) is 4.98 Å². The van der Waals surface area contributed by atoms with Gasteiger partial charge in [-0.2, -0.15) is 0 Å². The minimum absolute atomic E-state index is 0.562. The summed E-state index contributed by atoms with van der Waals surface area (Å²) in [7, 11) is 0. The molecule has 1 aromatic heterocycles. The summed E-state index contributed by atoms with van der Waals surface area (Å²) in [6.07, 6.45) is 0. The predicted molar refractivity (Wildman–Crippen MR) is 104 cm³/mol. The van der Waals surface area contributed by atoms with E-state index in [0.29, 0.717) is 11.7 Å². The van der Waals surface area contributed by atoms with E-state index in [4.69, 9.17) is 23.8 Å². The van der Waals surface area contributed by atoms with E-state index in [1.54, 1.807) is 11.3 Å². The molecule has 0 fully saturated rings. The van der Waals surface area contributed by atoms with Gasteiger partial charge in [0.2, 0.25) is 0 Å². The molecular formula is C17H16ClN3S2. The van der Waals surface area contributed by atoms with Crippen molar-refractivity contribution in [3.8, 4) is 0 Å². The Labute approximate surface area is 149 Å². The lowest BCUT2D eigenvalue weighted by molar-refractivity contribution is 0.926. The van der Waals surface area contributed by atoms with Gasteiger partial charge >= 0.3 is 0 Å². The molecule has 0 atom stereocenters. The molecule has 3 rings (SSSR count). The standard InChI is InChI=1S/C17H16ClN3S2/c1-10-7-14-15(8-11(10)2)23-17(20-14)21-16(22)19-9-12-3-5-13(18)6-4-12/h3-8H,9H2,1-2H3,(H2,19,20,21,22). The highest BCUT2D eigenvalue weighted by atomic mass is 35.5. The number of nitrogens with zero attached hydrogens (tertiary/aromatic N) is 1. The summed E-state index contributed by atoms with van der Waals surface area (Å²) in [5.74, 6) is 0. The van der Waals surface area contributed by atoms with E-state index in [2.05, 4.69) is 41.6 Å². The third-order valence-corrected chi connectivity index (χ3v) is 5.02. The highest BCUT2D eigenvalue weighted by molar-refractivity contribution is 7.80. The first-order chi connectivity index (χ1) is 11.0. The Kier molecular flexibility index (Phi) is 4.80. The monoisotopic (exact) mass is 361 g/mol. The molecule has 0 saturated heterocycles. The molecule has 1 heterocycles. The smallest absolute Gasteiger partial charge is 0.190 e. The lowest BCUT2D eigenvalue weighted by atomic mass is 10.1. The molecule has 0 spiro atoms. The minimum Gasteiger partial charge on any atom is -0.358 e. The van der Waals surface area contributed by atoms with Gasteiger partial charge in [0.15, 0.2) is 10.2 Å². The number of aryl methyl sites for hydroxylation is 2. The van der Waals surface area contributed by atoms with Gasteiger partial charge in [-0.3, -0.25) is 0 Å². The molecule has 0 bridgehead atoms. The molecule has 0 aliphatic carbocycles. The average Bonchev–Trinajstić information content (AvgIpc) is 2.88. The van der Waals surface area contributed by atoms with Crippen LogP contribution in [0.1, 0.15) is 16.7 Å². The van der Waals surface area contributed by atoms with Gasteiger partial charge in [0, 0.05) is 11.6 Å². The van der Waals surface area contributed by atoms with Crippen LogP contribution in [0.2, 0.25) is 5.02 Å². The molecule has 0 aliphatic heterocycles. The number of anilines is 1. The zero-order chi connectivity index (χ0) is 16.4. The number of thiocarbonyl (C=S) groups is 1. The van der Waals surface area contributed by atoms with Crippen LogP contribution in [0.25, 0.3) is 10.2 Å². The Morgan fingerprint density at radius 3 is 2.61 bits per heavy atom. The van der Waals surface area contributed by atoms with E-state index in [-0.39, 0.29) is 0 Å². The number of hydrogen-bond acceptors (Lipinski definition) is 3. The quantitative estimate of drug-likeness (QED) is 0.640. The van der Waals surface area contributed by atoms with Crippen molar-refractivity contribution in [1.82, 2.24) is 10.3 Å². The summed E-state index contributed by atoms with van der Waals surface area (Å²) >= 11 is 12.8. The lowest BCUT2D eigenvalue weighted by Gasteiger charge is -2.08. The van der Waals surface area contributed by atoms with Crippen molar-refractivity contribution in [2.24, 2.45) is 0 Å². The maximum atomic E-state index is 5.88. The van der Waals surface area contributed by atoms with E-state index in [9.17, 15) is 0 Å². The largest absolute Gasteiger partial charge is 0.358 e. The van der Waals surface area contributed by atoms with Crippen molar-refractivity contribution >= 4 is 55.6 Å². The van der Waals surface area contributed by atoms with Crippen LogP contribution < -0.4 is 10.6 Å². The zero-order valence-corrected chi connectivity index (χ0v) is 15.2. The van der Waals surface area contributed by atoms with Crippen LogP contribution >= 0.6 is 35.2 Å². The third kappa shape index (κ3) is 3.99. The number of benzene rings is 2. The summed E-state index contributed by atoms with van der Waals surface area (Å²) in [4.78, 5) is 4.58. The van der Waals surface area contributed by atoms with Crippen molar-refractivity contribution in [3.63, 3.8) is 0 Å². The van der Waals surface area contributed by atoms with Crippen LogP contribution in [-0.4, -0.2) is 10.1 Å². The Morgan fingerprint density at radius 2 is 1.87 bits per heavy atom. The molecule has 118 valence electrons.